The predicted octanol–water partition coefficient (Wildman–Crippen LogP) is 4.07. The minimum Gasteiger partial charge on any atom is -0.489 e. The van der Waals surface area contributed by atoms with E-state index in [4.69, 9.17) is 33.7 Å². The van der Waals surface area contributed by atoms with Crippen molar-refractivity contribution < 1.29 is 4.74 Å². The molecule has 4 heteroatoms. The molecule has 0 amide bonds. The van der Waals surface area contributed by atoms with E-state index in [1.54, 1.807) is 12.1 Å². The molecule has 100 valence electrons. The maximum Gasteiger partial charge on any atom is 0.119 e. The van der Waals surface area contributed by atoms with Crippen molar-refractivity contribution in [2.45, 2.75) is 13.0 Å². The van der Waals surface area contributed by atoms with Crippen LogP contribution in [0.4, 0.5) is 0 Å². The molecule has 19 heavy (non-hydrogen) atoms. The molecule has 2 nitrogen and oxygen atoms in total. The van der Waals surface area contributed by atoms with Crippen LogP contribution in [0.25, 0.3) is 0 Å². The molecule has 0 saturated carbocycles. The second kappa shape index (κ2) is 6.80. The van der Waals surface area contributed by atoms with Gasteiger partial charge in [0, 0.05) is 15.6 Å². The summed E-state index contributed by atoms with van der Waals surface area (Å²) in [7, 11) is 0. The molecule has 0 unspecified atom stereocenters. The lowest BCUT2D eigenvalue weighted by molar-refractivity contribution is 0.306. The van der Waals surface area contributed by atoms with Crippen LogP contribution in [0.15, 0.2) is 42.5 Å². The average Bonchev–Trinajstić information content (AvgIpc) is 2.40. The Bertz CT molecular complexity index is 520. The van der Waals surface area contributed by atoms with Gasteiger partial charge in [-0.05, 0) is 42.8 Å². The fraction of sp³-hybridized carbons (Fsp3) is 0.200. The van der Waals surface area contributed by atoms with E-state index in [1.165, 1.54) is 5.56 Å². The Morgan fingerprint density at radius 3 is 2.16 bits per heavy atom. The van der Waals surface area contributed by atoms with Crippen molar-refractivity contribution in [3.63, 3.8) is 0 Å². The van der Waals surface area contributed by atoms with E-state index >= 15 is 0 Å². The highest BCUT2D eigenvalue weighted by atomic mass is 35.5. The van der Waals surface area contributed by atoms with Gasteiger partial charge in [-0.15, -0.1) is 0 Å². The van der Waals surface area contributed by atoms with Crippen LogP contribution < -0.4 is 10.5 Å². The smallest absolute Gasteiger partial charge is 0.119 e. The monoisotopic (exact) mass is 295 g/mol. The van der Waals surface area contributed by atoms with Crippen LogP contribution in [0.1, 0.15) is 11.1 Å². The van der Waals surface area contributed by atoms with Gasteiger partial charge in [-0.1, -0.05) is 41.4 Å². The second-order valence-corrected chi connectivity index (χ2v) is 4.99. The highest BCUT2D eigenvalue weighted by molar-refractivity contribution is 6.35. The van der Waals surface area contributed by atoms with E-state index in [0.717, 1.165) is 17.7 Å². The van der Waals surface area contributed by atoms with Crippen LogP contribution in [0, 0.1) is 0 Å². The maximum atomic E-state index is 6.08. The molecule has 0 atom stereocenters. The average molecular weight is 296 g/mol. The molecule has 0 heterocycles. The van der Waals surface area contributed by atoms with Crippen molar-refractivity contribution in [2.75, 3.05) is 6.54 Å². The lowest BCUT2D eigenvalue weighted by Crippen LogP contribution is -2.02. The van der Waals surface area contributed by atoms with E-state index in [9.17, 15) is 0 Å². The minimum atomic E-state index is 0.356. The number of hydrogen-bond donors (Lipinski definition) is 1. The lowest BCUT2D eigenvalue weighted by atomic mass is 10.1. The number of benzene rings is 2. The molecule has 0 saturated heterocycles. The number of rotatable bonds is 5. The summed E-state index contributed by atoms with van der Waals surface area (Å²) in [4.78, 5) is 0. The quantitative estimate of drug-likeness (QED) is 0.902. The molecule has 2 aromatic carbocycles. The first-order valence-electron chi connectivity index (χ1n) is 6.05. The summed E-state index contributed by atoms with van der Waals surface area (Å²) in [6.07, 6.45) is 0.872. The standard InChI is InChI=1S/C15H15Cl2NO/c16-14-2-1-3-15(17)13(14)10-19-12-6-4-11(5-7-12)8-9-18/h1-7H,8-10,18H2. The summed E-state index contributed by atoms with van der Waals surface area (Å²) in [5.41, 5.74) is 7.51. The molecule has 0 aliphatic carbocycles. The van der Waals surface area contributed by atoms with Crippen molar-refractivity contribution in [3.8, 4) is 5.75 Å². The summed E-state index contributed by atoms with van der Waals surface area (Å²) >= 11 is 12.2. The van der Waals surface area contributed by atoms with E-state index in [-0.39, 0.29) is 0 Å². The van der Waals surface area contributed by atoms with Gasteiger partial charge in [0.2, 0.25) is 0 Å². The summed E-state index contributed by atoms with van der Waals surface area (Å²) in [6.45, 7) is 1.00. The highest BCUT2D eigenvalue weighted by Gasteiger charge is 2.06. The number of hydrogen-bond acceptors (Lipinski definition) is 2. The summed E-state index contributed by atoms with van der Waals surface area (Å²) < 4.78 is 5.69. The van der Waals surface area contributed by atoms with Crippen LogP contribution in [0.2, 0.25) is 10.0 Å². The molecule has 2 rings (SSSR count). The minimum absolute atomic E-state index is 0.356. The van der Waals surface area contributed by atoms with Crippen molar-refractivity contribution in [1.82, 2.24) is 0 Å². The van der Waals surface area contributed by atoms with Gasteiger partial charge in [-0.2, -0.15) is 0 Å². The third-order valence-corrected chi connectivity index (χ3v) is 3.51. The molecule has 0 aliphatic rings. The predicted molar refractivity (Wildman–Crippen MR) is 80.0 cm³/mol. The SMILES string of the molecule is NCCc1ccc(OCc2c(Cl)cccc2Cl)cc1. The van der Waals surface area contributed by atoms with Gasteiger partial charge in [0.1, 0.15) is 12.4 Å². The van der Waals surface area contributed by atoms with Gasteiger partial charge >= 0.3 is 0 Å². The fourth-order valence-electron chi connectivity index (χ4n) is 1.74. The first-order chi connectivity index (χ1) is 9.20. The van der Waals surface area contributed by atoms with Crippen LogP contribution in [0.3, 0.4) is 0 Å². The van der Waals surface area contributed by atoms with Gasteiger partial charge in [0.15, 0.2) is 0 Å². The van der Waals surface area contributed by atoms with E-state index in [0.29, 0.717) is 23.2 Å². The highest BCUT2D eigenvalue weighted by Crippen LogP contribution is 2.25. The maximum absolute atomic E-state index is 6.08. The molecule has 0 fully saturated rings. The Hall–Kier alpha value is -1.22. The first-order valence-corrected chi connectivity index (χ1v) is 6.81. The zero-order valence-electron chi connectivity index (χ0n) is 10.4. The molecular formula is C15H15Cl2NO. The largest absolute Gasteiger partial charge is 0.489 e. The van der Waals surface area contributed by atoms with Crippen molar-refractivity contribution in [1.29, 1.82) is 0 Å². The Morgan fingerprint density at radius 1 is 0.947 bits per heavy atom. The van der Waals surface area contributed by atoms with Crippen LogP contribution in [-0.2, 0) is 13.0 Å². The molecule has 0 bridgehead atoms. The van der Waals surface area contributed by atoms with Gasteiger partial charge in [-0.3, -0.25) is 0 Å². The second-order valence-electron chi connectivity index (χ2n) is 4.17. The molecule has 0 aliphatic heterocycles. The van der Waals surface area contributed by atoms with E-state index in [1.807, 2.05) is 30.3 Å². The number of halogens is 2. The van der Waals surface area contributed by atoms with Gasteiger partial charge in [0.05, 0.1) is 0 Å². The van der Waals surface area contributed by atoms with Crippen molar-refractivity contribution >= 4 is 23.2 Å². The Kier molecular flexibility index (Phi) is 5.08. The van der Waals surface area contributed by atoms with Crippen molar-refractivity contribution in [3.05, 3.63) is 63.6 Å². The number of nitrogens with two attached hydrogens (primary N) is 1. The van der Waals surface area contributed by atoms with Crippen LogP contribution in [-0.4, -0.2) is 6.54 Å². The van der Waals surface area contributed by atoms with E-state index < -0.39 is 0 Å². The third-order valence-electron chi connectivity index (χ3n) is 2.80. The lowest BCUT2D eigenvalue weighted by Gasteiger charge is -2.10. The number of ether oxygens (including phenoxy) is 1. The molecule has 0 aromatic heterocycles. The normalized spacial score (nSPS) is 10.5. The molecule has 2 aromatic rings. The van der Waals surface area contributed by atoms with Gasteiger partial charge < -0.3 is 10.5 Å². The summed E-state index contributed by atoms with van der Waals surface area (Å²) in [5.74, 6) is 0.789. The van der Waals surface area contributed by atoms with Crippen LogP contribution >= 0.6 is 23.2 Å². The third kappa shape index (κ3) is 3.87. The molecule has 0 radical (unpaired) electrons. The summed E-state index contributed by atoms with van der Waals surface area (Å²) in [5, 5.41) is 1.24. The topological polar surface area (TPSA) is 35.2 Å². The molecule has 0 spiro atoms. The zero-order valence-corrected chi connectivity index (χ0v) is 11.9. The summed E-state index contributed by atoms with van der Waals surface area (Å²) in [6, 6.07) is 13.3. The van der Waals surface area contributed by atoms with Crippen LogP contribution in [0.5, 0.6) is 5.75 Å². The molecule has 2 N–H and O–H groups in total. The molecular weight excluding hydrogens is 281 g/mol. The fourth-order valence-corrected chi connectivity index (χ4v) is 2.25. The van der Waals surface area contributed by atoms with Gasteiger partial charge in [0.25, 0.3) is 0 Å². The zero-order chi connectivity index (χ0) is 13.7. The van der Waals surface area contributed by atoms with Gasteiger partial charge in [-0.25, -0.2) is 0 Å². The Balaban J connectivity index is 2.02. The Labute approximate surface area is 123 Å². The van der Waals surface area contributed by atoms with E-state index in [2.05, 4.69) is 0 Å². The first kappa shape index (κ1) is 14.2. The Morgan fingerprint density at radius 2 is 1.58 bits per heavy atom. The van der Waals surface area contributed by atoms with Crippen molar-refractivity contribution in [2.24, 2.45) is 5.73 Å².